The Morgan fingerprint density at radius 3 is 2.77 bits per heavy atom. The fourth-order valence-corrected chi connectivity index (χ4v) is 2.18. The molecule has 0 aliphatic carbocycles. The molecule has 0 fully saturated rings. The second-order valence-electron chi connectivity index (χ2n) is 5.11. The van der Waals surface area contributed by atoms with Gasteiger partial charge in [-0.05, 0) is 31.5 Å². The van der Waals surface area contributed by atoms with E-state index in [0.717, 1.165) is 29.8 Å². The molecule has 0 bridgehead atoms. The second kappa shape index (κ2) is 7.75. The van der Waals surface area contributed by atoms with E-state index in [2.05, 4.69) is 12.0 Å². The molecular weight excluding hydrogens is 278 g/mol. The van der Waals surface area contributed by atoms with Crippen LogP contribution in [0.15, 0.2) is 35.1 Å². The number of ether oxygens (including phenoxy) is 1. The van der Waals surface area contributed by atoms with Gasteiger partial charge in [0.15, 0.2) is 0 Å². The van der Waals surface area contributed by atoms with E-state index in [1.807, 2.05) is 31.2 Å². The van der Waals surface area contributed by atoms with Gasteiger partial charge in [-0.25, -0.2) is 4.68 Å². The van der Waals surface area contributed by atoms with Crippen molar-refractivity contribution in [3.63, 3.8) is 0 Å². The Kier molecular flexibility index (Phi) is 5.72. The minimum atomic E-state index is -0.121. The molecule has 1 heterocycles. The smallest absolute Gasteiger partial charge is 0.271 e. The summed E-state index contributed by atoms with van der Waals surface area (Å²) in [5.41, 5.74) is 7.78. The van der Waals surface area contributed by atoms with Crippen LogP contribution in [0.4, 0.5) is 0 Å². The van der Waals surface area contributed by atoms with Crippen molar-refractivity contribution in [2.75, 3.05) is 6.61 Å². The lowest BCUT2D eigenvalue weighted by Crippen LogP contribution is -2.27. The van der Waals surface area contributed by atoms with Gasteiger partial charge in [0.25, 0.3) is 5.56 Å². The monoisotopic (exact) mass is 301 g/mol. The van der Waals surface area contributed by atoms with Crippen LogP contribution in [0.25, 0.3) is 11.3 Å². The Labute approximate surface area is 130 Å². The van der Waals surface area contributed by atoms with Crippen molar-refractivity contribution in [1.29, 1.82) is 0 Å². The van der Waals surface area contributed by atoms with Crippen molar-refractivity contribution < 1.29 is 4.74 Å². The van der Waals surface area contributed by atoms with E-state index in [0.29, 0.717) is 18.7 Å². The Hall–Kier alpha value is -2.14. The summed E-state index contributed by atoms with van der Waals surface area (Å²) in [5, 5.41) is 4.40. The molecule has 22 heavy (non-hydrogen) atoms. The van der Waals surface area contributed by atoms with E-state index >= 15 is 0 Å². The lowest BCUT2D eigenvalue weighted by atomic mass is 10.1. The number of benzene rings is 1. The van der Waals surface area contributed by atoms with E-state index in [4.69, 9.17) is 10.5 Å². The Balaban J connectivity index is 2.35. The van der Waals surface area contributed by atoms with E-state index in [1.54, 1.807) is 6.07 Å². The first-order chi connectivity index (χ1) is 10.7. The van der Waals surface area contributed by atoms with Gasteiger partial charge < -0.3 is 10.5 Å². The van der Waals surface area contributed by atoms with Crippen LogP contribution in [0.2, 0.25) is 0 Å². The standard InChI is InChI=1S/C17H23N3O2/c1-3-5-9-22-15-8-6-7-13(10-15)16-11-14(12-18)17(21)20(4-2)19-16/h6-8,10-11H,3-5,9,12,18H2,1-2H3. The molecule has 5 nitrogen and oxygen atoms in total. The largest absolute Gasteiger partial charge is 0.494 e. The number of hydrogen-bond donors (Lipinski definition) is 1. The van der Waals surface area contributed by atoms with Crippen LogP contribution in [0, 0.1) is 0 Å². The third-order valence-corrected chi connectivity index (χ3v) is 3.46. The fraction of sp³-hybridized carbons (Fsp3) is 0.412. The molecule has 2 aromatic rings. The maximum Gasteiger partial charge on any atom is 0.271 e. The number of nitrogens with zero attached hydrogens (tertiary/aromatic N) is 2. The summed E-state index contributed by atoms with van der Waals surface area (Å²) in [6, 6.07) is 9.53. The van der Waals surface area contributed by atoms with Gasteiger partial charge in [0.2, 0.25) is 0 Å². The maximum atomic E-state index is 12.1. The zero-order chi connectivity index (χ0) is 15.9. The highest BCUT2D eigenvalue weighted by Gasteiger charge is 2.09. The zero-order valence-electron chi connectivity index (χ0n) is 13.2. The minimum absolute atomic E-state index is 0.121. The van der Waals surface area contributed by atoms with E-state index in [9.17, 15) is 4.79 Å². The molecule has 0 radical (unpaired) electrons. The summed E-state index contributed by atoms with van der Waals surface area (Å²) in [4.78, 5) is 12.1. The number of hydrogen-bond acceptors (Lipinski definition) is 4. The van der Waals surface area contributed by atoms with Crippen LogP contribution in [-0.2, 0) is 13.1 Å². The molecule has 0 spiro atoms. The molecular formula is C17H23N3O2. The van der Waals surface area contributed by atoms with E-state index < -0.39 is 0 Å². The number of unbranched alkanes of at least 4 members (excludes halogenated alkanes) is 1. The average Bonchev–Trinajstić information content (AvgIpc) is 2.55. The summed E-state index contributed by atoms with van der Waals surface area (Å²) in [6.45, 7) is 5.46. The Morgan fingerprint density at radius 2 is 2.09 bits per heavy atom. The van der Waals surface area contributed by atoms with Crippen LogP contribution in [-0.4, -0.2) is 16.4 Å². The summed E-state index contributed by atoms with van der Waals surface area (Å²) in [5.74, 6) is 0.816. The third kappa shape index (κ3) is 3.74. The number of aromatic nitrogens is 2. The molecule has 5 heteroatoms. The van der Waals surface area contributed by atoms with E-state index in [1.165, 1.54) is 4.68 Å². The molecule has 0 saturated heterocycles. The van der Waals surface area contributed by atoms with Crippen LogP contribution in [0.3, 0.4) is 0 Å². The molecule has 2 rings (SSSR count). The second-order valence-corrected chi connectivity index (χ2v) is 5.11. The van der Waals surface area contributed by atoms with Gasteiger partial charge in [-0.15, -0.1) is 0 Å². The lowest BCUT2D eigenvalue weighted by Gasteiger charge is -2.10. The first-order valence-electron chi connectivity index (χ1n) is 7.74. The predicted molar refractivity (Wildman–Crippen MR) is 87.9 cm³/mol. The van der Waals surface area contributed by atoms with Gasteiger partial charge in [-0.3, -0.25) is 4.79 Å². The van der Waals surface area contributed by atoms with Crippen molar-refractivity contribution >= 4 is 0 Å². The van der Waals surface area contributed by atoms with Crippen molar-refractivity contribution in [2.45, 2.75) is 39.8 Å². The summed E-state index contributed by atoms with van der Waals surface area (Å²) in [6.07, 6.45) is 2.13. The number of aryl methyl sites for hydroxylation is 1. The van der Waals surface area contributed by atoms with Crippen LogP contribution in [0.1, 0.15) is 32.3 Å². The highest BCUT2D eigenvalue weighted by Crippen LogP contribution is 2.22. The first kappa shape index (κ1) is 16.2. The SMILES string of the molecule is CCCCOc1cccc(-c2cc(CN)c(=O)n(CC)n2)c1. The Morgan fingerprint density at radius 1 is 1.27 bits per heavy atom. The molecule has 1 aromatic heterocycles. The molecule has 1 aromatic carbocycles. The van der Waals surface area contributed by atoms with Crippen LogP contribution >= 0.6 is 0 Å². The van der Waals surface area contributed by atoms with Crippen molar-refractivity contribution in [3.05, 3.63) is 46.2 Å². The normalized spacial score (nSPS) is 10.7. The average molecular weight is 301 g/mol. The molecule has 0 aliphatic rings. The lowest BCUT2D eigenvalue weighted by molar-refractivity contribution is 0.309. The molecule has 0 saturated carbocycles. The van der Waals surface area contributed by atoms with E-state index in [-0.39, 0.29) is 12.1 Å². The number of nitrogens with two attached hydrogens (primary N) is 1. The maximum absolute atomic E-state index is 12.1. The van der Waals surface area contributed by atoms with Gasteiger partial charge in [-0.2, -0.15) is 5.10 Å². The molecule has 2 N–H and O–H groups in total. The van der Waals surface area contributed by atoms with Crippen molar-refractivity contribution in [2.24, 2.45) is 5.73 Å². The van der Waals surface area contributed by atoms with Crippen LogP contribution in [0.5, 0.6) is 5.75 Å². The third-order valence-electron chi connectivity index (χ3n) is 3.46. The number of rotatable bonds is 7. The summed E-state index contributed by atoms with van der Waals surface area (Å²) in [7, 11) is 0. The van der Waals surface area contributed by atoms with Crippen molar-refractivity contribution in [1.82, 2.24) is 9.78 Å². The summed E-state index contributed by atoms with van der Waals surface area (Å²) >= 11 is 0. The molecule has 0 amide bonds. The fourth-order valence-electron chi connectivity index (χ4n) is 2.18. The summed E-state index contributed by atoms with van der Waals surface area (Å²) < 4.78 is 7.17. The molecule has 0 aliphatic heterocycles. The first-order valence-corrected chi connectivity index (χ1v) is 7.74. The van der Waals surface area contributed by atoms with Gasteiger partial charge in [-0.1, -0.05) is 25.5 Å². The zero-order valence-corrected chi connectivity index (χ0v) is 13.2. The topological polar surface area (TPSA) is 70.1 Å². The van der Waals surface area contributed by atoms with Gasteiger partial charge in [0, 0.05) is 24.2 Å². The van der Waals surface area contributed by atoms with Gasteiger partial charge in [0.1, 0.15) is 5.75 Å². The highest BCUT2D eigenvalue weighted by molar-refractivity contribution is 5.61. The minimum Gasteiger partial charge on any atom is -0.494 e. The quantitative estimate of drug-likeness (QED) is 0.798. The van der Waals surface area contributed by atoms with Crippen molar-refractivity contribution in [3.8, 4) is 17.0 Å². The molecule has 118 valence electrons. The molecule has 0 unspecified atom stereocenters. The van der Waals surface area contributed by atoms with Gasteiger partial charge in [0.05, 0.1) is 12.3 Å². The van der Waals surface area contributed by atoms with Crippen LogP contribution < -0.4 is 16.0 Å². The highest BCUT2D eigenvalue weighted by atomic mass is 16.5. The Bertz CT molecular complexity index is 652. The van der Waals surface area contributed by atoms with Gasteiger partial charge >= 0.3 is 0 Å². The molecule has 0 atom stereocenters. The predicted octanol–water partition coefficient (Wildman–Crippen LogP) is 2.57.